The van der Waals surface area contributed by atoms with E-state index < -0.39 is 5.97 Å². The van der Waals surface area contributed by atoms with Gasteiger partial charge in [-0.2, -0.15) is 0 Å². The molecule has 0 aliphatic carbocycles. The summed E-state index contributed by atoms with van der Waals surface area (Å²) in [5.74, 6) is 1.66. The highest BCUT2D eigenvalue weighted by atomic mass is 35.5. The number of aliphatic carboxylic acids is 1. The number of carbonyl (C=O) groups is 1. The van der Waals surface area contributed by atoms with Crippen molar-refractivity contribution < 1.29 is 19.4 Å². The summed E-state index contributed by atoms with van der Waals surface area (Å²) in [6.07, 6.45) is 1.40. The lowest BCUT2D eigenvalue weighted by molar-refractivity contribution is -0.139. The number of benzene rings is 3. The summed E-state index contributed by atoms with van der Waals surface area (Å²) >= 11 is 8.01. The second-order valence-electron chi connectivity index (χ2n) is 7.96. The quantitative estimate of drug-likeness (QED) is 0.373. The second kappa shape index (κ2) is 10.3. The van der Waals surface area contributed by atoms with E-state index in [0.29, 0.717) is 6.61 Å². The molecule has 1 atom stereocenters. The molecule has 1 N–H and O–H groups in total. The third-order valence-corrected chi connectivity index (χ3v) is 6.82. The highest BCUT2D eigenvalue weighted by Crippen LogP contribution is 2.33. The van der Waals surface area contributed by atoms with Gasteiger partial charge in [0.05, 0.1) is 6.42 Å². The molecule has 0 aromatic heterocycles. The molecule has 166 valence electrons. The number of carboxylic acids is 1. The number of carboxylic acid groups (broad SMARTS) is 1. The van der Waals surface area contributed by atoms with Gasteiger partial charge in [0.1, 0.15) is 24.2 Å². The molecule has 4 rings (SSSR count). The molecule has 0 amide bonds. The van der Waals surface area contributed by atoms with Crippen molar-refractivity contribution in [2.45, 2.75) is 49.5 Å². The highest BCUT2D eigenvalue weighted by Gasteiger charge is 2.22. The summed E-state index contributed by atoms with van der Waals surface area (Å²) in [6.45, 7) is 2.48. The first kappa shape index (κ1) is 22.6. The fourth-order valence-corrected chi connectivity index (χ4v) is 4.76. The van der Waals surface area contributed by atoms with Crippen molar-refractivity contribution in [3.05, 3.63) is 87.9 Å². The van der Waals surface area contributed by atoms with Crippen LogP contribution in [0.25, 0.3) is 0 Å². The summed E-state index contributed by atoms with van der Waals surface area (Å²) in [6, 6.07) is 20.2. The molecule has 0 fully saturated rings. The maximum Gasteiger partial charge on any atom is 0.307 e. The van der Waals surface area contributed by atoms with Gasteiger partial charge in [-0.15, -0.1) is 11.8 Å². The Morgan fingerprint density at radius 2 is 1.97 bits per heavy atom. The molecule has 0 bridgehead atoms. The van der Waals surface area contributed by atoms with Crippen molar-refractivity contribution >= 4 is 29.3 Å². The normalized spacial score (nSPS) is 15.0. The van der Waals surface area contributed by atoms with Gasteiger partial charge in [-0.05, 0) is 67.3 Å². The van der Waals surface area contributed by atoms with Gasteiger partial charge in [-0.1, -0.05) is 41.4 Å². The van der Waals surface area contributed by atoms with Crippen LogP contribution in [0.5, 0.6) is 11.5 Å². The maximum atomic E-state index is 10.9. The van der Waals surface area contributed by atoms with Gasteiger partial charge in [0.15, 0.2) is 0 Å². The summed E-state index contributed by atoms with van der Waals surface area (Å²) in [4.78, 5) is 12.1. The predicted molar refractivity (Wildman–Crippen MR) is 128 cm³/mol. The number of aryl methyl sites for hydroxylation is 2. The van der Waals surface area contributed by atoms with E-state index >= 15 is 0 Å². The second-order valence-corrected chi connectivity index (χ2v) is 9.42. The zero-order valence-corrected chi connectivity index (χ0v) is 19.4. The lowest BCUT2D eigenvalue weighted by Gasteiger charge is -2.25. The third-order valence-electron chi connectivity index (χ3n) is 5.39. The molecule has 0 saturated carbocycles. The minimum absolute atomic E-state index is 0.0493. The topological polar surface area (TPSA) is 55.8 Å². The molecule has 3 aromatic carbocycles. The highest BCUT2D eigenvalue weighted by molar-refractivity contribution is 7.98. The Kier molecular flexibility index (Phi) is 7.28. The van der Waals surface area contributed by atoms with Crippen molar-refractivity contribution in [3.8, 4) is 11.5 Å². The molecule has 1 heterocycles. The van der Waals surface area contributed by atoms with Gasteiger partial charge in [-0.25, -0.2) is 0 Å². The van der Waals surface area contributed by atoms with Crippen LogP contribution in [0, 0.1) is 6.92 Å². The summed E-state index contributed by atoms with van der Waals surface area (Å²) in [7, 11) is 0. The molecule has 6 heteroatoms. The van der Waals surface area contributed by atoms with Crippen LogP contribution in [0.15, 0.2) is 65.6 Å². The van der Waals surface area contributed by atoms with E-state index in [9.17, 15) is 4.79 Å². The summed E-state index contributed by atoms with van der Waals surface area (Å²) in [5, 5.41) is 9.68. The van der Waals surface area contributed by atoms with Crippen LogP contribution in [0.2, 0.25) is 5.02 Å². The number of rotatable bonds is 8. The van der Waals surface area contributed by atoms with Crippen LogP contribution in [0.3, 0.4) is 0 Å². The van der Waals surface area contributed by atoms with Crippen molar-refractivity contribution in [1.82, 2.24) is 0 Å². The van der Waals surface area contributed by atoms with Crippen LogP contribution in [-0.4, -0.2) is 17.2 Å². The Morgan fingerprint density at radius 1 is 1.16 bits per heavy atom. The molecule has 0 spiro atoms. The molecule has 32 heavy (non-hydrogen) atoms. The van der Waals surface area contributed by atoms with Gasteiger partial charge in [-0.3, -0.25) is 4.79 Å². The number of hydrogen-bond donors (Lipinski definition) is 1. The lowest BCUT2D eigenvalue weighted by atomic mass is 10.0. The average molecular weight is 469 g/mol. The van der Waals surface area contributed by atoms with Crippen LogP contribution < -0.4 is 9.47 Å². The van der Waals surface area contributed by atoms with E-state index in [1.165, 1.54) is 10.5 Å². The predicted octanol–water partition coefficient (Wildman–Crippen LogP) is 6.69. The van der Waals surface area contributed by atoms with Crippen LogP contribution in [-0.2, 0) is 23.6 Å². The molecule has 0 radical (unpaired) electrons. The smallest absolute Gasteiger partial charge is 0.307 e. The lowest BCUT2D eigenvalue weighted by Crippen LogP contribution is -2.25. The monoisotopic (exact) mass is 468 g/mol. The van der Waals surface area contributed by atoms with Gasteiger partial charge in [0, 0.05) is 21.2 Å². The van der Waals surface area contributed by atoms with Crippen molar-refractivity contribution in [3.63, 3.8) is 0 Å². The fourth-order valence-electron chi connectivity index (χ4n) is 3.67. The van der Waals surface area contributed by atoms with E-state index in [-0.39, 0.29) is 12.5 Å². The van der Waals surface area contributed by atoms with Crippen molar-refractivity contribution in [2.75, 3.05) is 0 Å². The Bertz CT molecular complexity index is 1100. The first-order valence-corrected chi connectivity index (χ1v) is 11.9. The van der Waals surface area contributed by atoms with Crippen LogP contribution in [0.4, 0.5) is 0 Å². The Morgan fingerprint density at radius 3 is 2.75 bits per heavy atom. The number of thioether (sulfide) groups is 1. The molecule has 3 aromatic rings. The molecular formula is C26H25ClO4S. The van der Waals surface area contributed by atoms with E-state index in [4.69, 9.17) is 26.2 Å². The van der Waals surface area contributed by atoms with Crippen molar-refractivity contribution in [2.24, 2.45) is 0 Å². The first-order chi connectivity index (χ1) is 15.5. The standard InChI is InChI=1S/C26H25ClO4S/c1-17-2-10-24(27)20(12-17)15-30-21-6-3-18(4-7-21)16-32-23-9-11-25-19(13-23)5-8-22(31-25)14-26(28)29/h2-4,6-7,9-13,22H,5,8,14-16H2,1H3,(H,28,29). The van der Waals surface area contributed by atoms with Gasteiger partial charge in [0.25, 0.3) is 0 Å². The zero-order chi connectivity index (χ0) is 22.5. The Hall–Kier alpha value is -2.63. The number of ether oxygens (including phenoxy) is 2. The van der Waals surface area contributed by atoms with E-state index in [0.717, 1.165) is 51.8 Å². The number of halogens is 1. The Balaban J connectivity index is 1.30. The van der Waals surface area contributed by atoms with Crippen LogP contribution in [0.1, 0.15) is 35.1 Å². The molecule has 1 aliphatic rings. The van der Waals surface area contributed by atoms with E-state index in [1.807, 2.05) is 49.4 Å². The van der Waals surface area contributed by atoms with Gasteiger partial charge >= 0.3 is 5.97 Å². The third kappa shape index (κ3) is 5.99. The van der Waals surface area contributed by atoms with E-state index in [2.05, 4.69) is 18.2 Å². The van der Waals surface area contributed by atoms with Crippen LogP contribution >= 0.6 is 23.4 Å². The minimum Gasteiger partial charge on any atom is -0.490 e. The number of hydrogen-bond acceptors (Lipinski definition) is 4. The zero-order valence-electron chi connectivity index (χ0n) is 17.8. The number of fused-ring (bicyclic) bond motifs is 1. The molecule has 4 nitrogen and oxygen atoms in total. The Labute approximate surface area is 197 Å². The minimum atomic E-state index is -0.819. The largest absolute Gasteiger partial charge is 0.490 e. The SMILES string of the molecule is Cc1ccc(Cl)c(COc2ccc(CSc3ccc4c(c3)CCC(CC(=O)O)O4)cc2)c1. The van der Waals surface area contributed by atoms with Gasteiger partial charge in [0.2, 0.25) is 0 Å². The molecular weight excluding hydrogens is 444 g/mol. The average Bonchev–Trinajstić information content (AvgIpc) is 2.78. The summed E-state index contributed by atoms with van der Waals surface area (Å²) < 4.78 is 11.7. The maximum absolute atomic E-state index is 10.9. The molecule has 1 unspecified atom stereocenters. The van der Waals surface area contributed by atoms with Crippen molar-refractivity contribution in [1.29, 1.82) is 0 Å². The summed E-state index contributed by atoms with van der Waals surface area (Å²) in [5.41, 5.74) is 4.51. The first-order valence-electron chi connectivity index (χ1n) is 10.6. The molecule has 0 saturated heterocycles. The molecule has 1 aliphatic heterocycles. The van der Waals surface area contributed by atoms with E-state index in [1.54, 1.807) is 11.8 Å². The van der Waals surface area contributed by atoms with Gasteiger partial charge < -0.3 is 14.6 Å². The fraction of sp³-hybridized carbons (Fsp3) is 0.269.